The fraction of sp³-hybridized carbons (Fsp3) is 0.455. The molecule has 0 rings (SSSR count). The molecule has 12 heavy (non-hydrogen) atoms. The number of allylic oxidation sites excluding steroid dienone is 4. The van der Waals surface area contributed by atoms with E-state index < -0.39 is 0 Å². The van der Waals surface area contributed by atoms with Crippen molar-refractivity contribution in [1.29, 1.82) is 0 Å². The van der Waals surface area contributed by atoms with E-state index in [1.165, 1.54) is 0 Å². The van der Waals surface area contributed by atoms with E-state index >= 15 is 0 Å². The van der Waals surface area contributed by atoms with Crippen molar-refractivity contribution in [2.24, 2.45) is 0 Å². The van der Waals surface area contributed by atoms with Crippen molar-refractivity contribution in [2.45, 2.75) is 27.2 Å². The van der Waals surface area contributed by atoms with Crippen molar-refractivity contribution in [2.75, 3.05) is 5.33 Å². The van der Waals surface area contributed by atoms with Gasteiger partial charge < -0.3 is 0 Å². The quantitative estimate of drug-likeness (QED) is 0.494. The number of halogens is 1. The van der Waals surface area contributed by atoms with Gasteiger partial charge in [0.05, 0.1) is 0 Å². The number of rotatable bonds is 4. The van der Waals surface area contributed by atoms with Crippen LogP contribution in [-0.2, 0) is 0 Å². The minimum Gasteiger partial charge on any atom is -0.0958 e. The lowest BCUT2D eigenvalue weighted by Crippen LogP contribution is -1.75. The molecular formula is C11H19Br. The molecule has 0 atom stereocenters. The Kier molecular flexibility index (Phi) is 12.7. The van der Waals surface area contributed by atoms with Gasteiger partial charge >= 0.3 is 0 Å². The zero-order chi connectivity index (χ0) is 9.98. The summed E-state index contributed by atoms with van der Waals surface area (Å²) in [6, 6.07) is 0. The molecule has 0 nitrogen and oxygen atoms in total. The molecule has 0 aliphatic carbocycles. The van der Waals surface area contributed by atoms with Gasteiger partial charge in [-0.05, 0) is 12.0 Å². The lowest BCUT2D eigenvalue weighted by Gasteiger charge is -1.92. The lowest BCUT2D eigenvalue weighted by atomic mass is 10.2. The van der Waals surface area contributed by atoms with E-state index in [0.717, 1.165) is 22.9 Å². The van der Waals surface area contributed by atoms with Crippen LogP contribution in [0.1, 0.15) is 27.2 Å². The summed E-state index contributed by atoms with van der Waals surface area (Å²) in [6.45, 7) is 13.7. The molecule has 0 heterocycles. The maximum atomic E-state index is 3.84. The zero-order valence-electron chi connectivity index (χ0n) is 8.36. The molecule has 0 bridgehead atoms. The molecule has 0 unspecified atom stereocenters. The smallest absolute Gasteiger partial charge is 0.0277 e. The standard InChI is InChI=1S/C9H13Br.C2H6/c1-4-8(2)5-6-9(3)7-10;1-2/h5-6H,2-4,7H2,1H3;1-2H3/b6-5-;. The average molecular weight is 231 g/mol. The Morgan fingerprint density at radius 1 is 1.17 bits per heavy atom. The molecule has 70 valence electrons. The van der Waals surface area contributed by atoms with Crippen LogP contribution >= 0.6 is 15.9 Å². The highest BCUT2D eigenvalue weighted by molar-refractivity contribution is 9.09. The topological polar surface area (TPSA) is 0 Å². The summed E-state index contributed by atoms with van der Waals surface area (Å²) in [4.78, 5) is 0. The normalized spacial score (nSPS) is 9.00. The first-order valence-corrected chi connectivity index (χ1v) is 5.42. The van der Waals surface area contributed by atoms with Crippen molar-refractivity contribution in [3.05, 3.63) is 36.5 Å². The van der Waals surface area contributed by atoms with Crippen molar-refractivity contribution in [1.82, 2.24) is 0 Å². The molecule has 0 spiro atoms. The second-order valence-electron chi connectivity index (χ2n) is 2.14. The minimum atomic E-state index is 0.834. The van der Waals surface area contributed by atoms with E-state index in [9.17, 15) is 0 Å². The van der Waals surface area contributed by atoms with E-state index in [1.54, 1.807) is 0 Å². The molecule has 1 heteroatoms. The summed E-state index contributed by atoms with van der Waals surface area (Å²) in [5.41, 5.74) is 2.22. The Hall–Kier alpha value is -0.300. The highest BCUT2D eigenvalue weighted by atomic mass is 79.9. The predicted molar refractivity (Wildman–Crippen MR) is 62.9 cm³/mol. The summed E-state index contributed by atoms with van der Waals surface area (Å²) in [6.07, 6.45) is 5.00. The third-order valence-corrected chi connectivity index (χ3v) is 1.90. The Bertz CT molecular complexity index is 136. The van der Waals surface area contributed by atoms with E-state index in [2.05, 4.69) is 36.0 Å². The molecule has 0 saturated heterocycles. The van der Waals surface area contributed by atoms with Gasteiger partial charge in [0.2, 0.25) is 0 Å². The first kappa shape index (κ1) is 14.2. The average Bonchev–Trinajstić information content (AvgIpc) is 2.16. The van der Waals surface area contributed by atoms with Crippen LogP contribution in [0.3, 0.4) is 0 Å². The number of alkyl halides is 1. The first-order chi connectivity index (χ1) is 5.70. The van der Waals surface area contributed by atoms with Crippen LogP contribution in [0, 0.1) is 0 Å². The molecule has 0 aliphatic heterocycles. The highest BCUT2D eigenvalue weighted by Crippen LogP contribution is 2.03. The summed E-state index contributed by atoms with van der Waals surface area (Å²) >= 11 is 3.31. The summed E-state index contributed by atoms with van der Waals surface area (Å²) in [5, 5.41) is 0.834. The number of hydrogen-bond acceptors (Lipinski definition) is 0. The molecular weight excluding hydrogens is 212 g/mol. The molecule has 0 aromatic heterocycles. The van der Waals surface area contributed by atoms with Crippen LogP contribution in [0.2, 0.25) is 0 Å². The molecule has 0 saturated carbocycles. The van der Waals surface area contributed by atoms with Crippen LogP contribution in [0.4, 0.5) is 0 Å². The van der Waals surface area contributed by atoms with Gasteiger partial charge in [0, 0.05) is 5.33 Å². The molecule has 0 aromatic rings. The molecule has 0 radical (unpaired) electrons. The lowest BCUT2D eigenvalue weighted by molar-refractivity contribution is 1.16. The highest BCUT2D eigenvalue weighted by Gasteiger charge is 1.83. The summed E-state index contributed by atoms with van der Waals surface area (Å²) < 4.78 is 0. The fourth-order valence-electron chi connectivity index (χ4n) is 0.398. The Labute approximate surface area is 85.2 Å². The summed E-state index contributed by atoms with van der Waals surface area (Å²) in [7, 11) is 0. The van der Waals surface area contributed by atoms with E-state index in [-0.39, 0.29) is 0 Å². The Morgan fingerprint density at radius 2 is 1.58 bits per heavy atom. The van der Waals surface area contributed by atoms with Crippen molar-refractivity contribution in [3.63, 3.8) is 0 Å². The summed E-state index contributed by atoms with van der Waals surface area (Å²) in [5.74, 6) is 0. The maximum absolute atomic E-state index is 3.84. The fourth-order valence-corrected chi connectivity index (χ4v) is 0.585. The van der Waals surface area contributed by atoms with E-state index in [4.69, 9.17) is 0 Å². The van der Waals surface area contributed by atoms with Crippen molar-refractivity contribution < 1.29 is 0 Å². The van der Waals surface area contributed by atoms with E-state index in [0.29, 0.717) is 0 Å². The third-order valence-electron chi connectivity index (χ3n) is 1.18. The SMILES string of the molecule is C=C(/C=C\C(=C)CBr)CC.CC. The van der Waals surface area contributed by atoms with E-state index in [1.807, 2.05) is 26.0 Å². The second-order valence-corrected chi connectivity index (χ2v) is 2.70. The molecule has 0 N–H and O–H groups in total. The molecule has 0 aromatic carbocycles. The van der Waals surface area contributed by atoms with Crippen LogP contribution in [0.25, 0.3) is 0 Å². The van der Waals surface area contributed by atoms with Crippen molar-refractivity contribution in [3.8, 4) is 0 Å². The molecule has 0 aliphatic rings. The monoisotopic (exact) mass is 230 g/mol. The first-order valence-electron chi connectivity index (χ1n) is 4.30. The number of hydrogen-bond donors (Lipinski definition) is 0. The predicted octanol–water partition coefficient (Wildman–Crippen LogP) is 4.49. The van der Waals surface area contributed by atoms with Gasteiger partial charge in [-0.3, -0.25) is 0 Å². The maximum Gasteiger partial charge on any atom is 0.0277 e. The second kappa shape index (κ2) is 10.7. The Morgan fingerprint density at radius 3 is 1.92 bits per heavy atom. The third kappa shape index (κ3) is 9.70. The van der Waals surface area contributed by atoms with Gasteiger partial charge in [-0.25, -0.2) is 0 Å². The van der Waals surface area contributed by atoms with Crippen molar-refractivity contribution >= 4 is 15.9 Å². The van der Waals surface area contributed by atoms with Crippen LogP contribution in [0.15, 0.2) is 36.5 Å². The van der Waals surface area contributed by atoms with Gasteiger partial charge in [0.1, 0.15) is 0 Å². The Balaban J connectivity index is 0. The van der Waals surface area contributed by atoms with Gasteiger partial charge in [-0.1, -0.05) is 67.6 Å². The van der Waals surface area contributed by atoms with Crippen LogP contribution < -0.4 is 0 Å². The zero-order valence-corrected chi connectivity index (χ0v) is 9.95. The van der Waals surface area contributed by atoms with Gasteiger partial charge in [0.25, 0.3) is 0 Å². The van der Waals surface area contributed by atoms with Gasteiger partial charge in [-0.15, -0.1) is 0 Å². The van der Waals surface area contributed by atoms with Crippen LogP contribution in [0.5, 0.6) is 0 Å². The minimum absolute atomic E-state index is 0.834. The van der Waals surface area contributed by atoms with Gasteiger partial charge in [0.15, 0.2) is 0 Å². The molecule has 0 fully saturated rings. The molecule has 0 amide bonds. The largest absolute Gasteiger partial charge is 0.0958 e. The van der Waals surface area contributed by atoms with Gasteiger partial charge in [-0.2, -0.15) is 0 Å². The van der Waals surface area contributed by atoms with Crippen LogP contribution in [-0.4, -0.2) is 5.33 Å².